The molecule has 4 saturated carbocycles. The zero-order valence-electron chi connectivity index (χ0n) is 37.0. The van der Waals surface area contributed by atoms with Gasteiger partial charge in [-0.15, -0.1) is 0 Å². The van der Waals surface area contributed by atoms with Crippen LogP contribution >= 0.6 is 0 Å². The van der Waals surface area contributed by atoms with Gasteiger partial charge in [0, 0.05) is 30.8 Å². The minimum atomic E-state index is -1.73. The number of hydrogen-bond acceptors (Lipinski definition) is 15. The number of fused-ring (bicyclic) bond motifs is 7. The highest BCUT2D eigenvalue weighted by Gasteiger charge is 2.72. The molecule has 7 rings (SSSR count). The summed E-state index contributed by atoms with van der Waals surface area (Å²) in [6, 6.07) is 0. The maximum Gasteiger partial charge on any atom is 0.303 e. The van der Waals surface area contributed by atoms with Crippen LogP contribution < -0.4 is 0 Å². The Morgan fingerprint density at radius 3 is 2.08 bits per heavy atom. The Labute approximate surface area is 354 Å². The van der Waals surface area contributed by atoms with Crippen LogP contribution in [0.4, 0.5) is 0 Å². The number of carbonyl (C=O) groups is 1. The zero-order valence-corrected chi connectivity index (χ0v) is 37.0. The first-order valence-electron chi connectivity index (χ1n) is 22.3. The molecule has 0 amide bonds. The molecular formula is C45H74O15. The smallest absolute Gasteiger partial charge is 0.303 e. The summed E-state index contributed by atoms with van der Waals surface area (Å²) < 4.78 is 36.1. The van der Waals surface area contributed by atoms with Gasteiger partial charge in [0.1, 0.15) is 36.6 Å². The number of esters is 1. The molecule has 344 valence electrons. The zero-order chi connectivity index (χ0) is 44.1. The molecule has 2 heterocycles. The van der Waals surface area contributed by atoms with Crippen molar-refractivity contribution in [3.63, 3.8) is 0 Å². The van der Waals surface area contributed by atoms with Crippen molar-refractivity contribution < 1.29 is 74.1 Å². The first-order valence-corrected chi connectivity index (χ1v) is 22.3. The number of aliphatic hydroxyl groups excluding tert-OH is 8. The lowest BCUT2D eigenvalue weighted by molar-refractivity contribution is -0.368. The van der Waals surface area contributed by atoms with E-state index in [0.29, 0.717) is 19.3 Å². The van der Waals surface area contributed by atoms with E-state index in [1.54, 1.807) is 14.0 Å². The molecule has 0 aromatic rings. The number of hydrogen-bond donors (Lipinski definition) is 8. The van der Waals surface area contributed by atoms with Gasteiger partial charge in [0.15, 0.2) is 18.7 Å². The lowest BCUT2D eigenvalue weighted by atomic mass is 9.32. The number of aliphatic hydroxyl groups is 8. The summed E-state index contributed by atoms with van der Waals surface area (Å²) in [7, 11) is 1.77. The van der Waals surface area contributed by atoms with Crippen LogP contribution in [-0.2, 0) is 33.2 Å². The first kappa shape index (κ1) is 46.7. The molecule has 15 heteroatoms. The number of methoxy groups -OCH3 is 1. The minimum Gasteiger partial charge on any atom is -0.457 e. The van der Waals surface area contributed by atoms with Crippen molar-refractivity contribution >= 4 is 5.97 Å². The average Bonchev–Trinajstić information content (AvgIpc) is 3.18. The van der Waals surface area contributed by atoms with Crippen LogP contribution in [-0.4, -0.2) is 153 Å². The van der Waals surface area contributed by atoms with E-state index in [-0.39, 0.29) is 58.7 Å². The van der Waals surface area contributed by atoms with Crippen molar-refractivity contribution in [2.75, 3.05) is 26.9 Å². The van der Waals surface area contributed by atoms with Crippen molar-refractivity contribution in [3.8, 4) is 0 Å². The third-order valence-electron chi connectivity index (χ3n) is 18.0. The third kappa shape index (κ3) is 6.98. The highest BCUT2D eigenvalue weighted by molar-refractivity contribution is 5.66. The Morgan fingerprint density at radius 1 is 0.800 bits per heavy atom. The van der Waals surface area contributed by atoms with Gasteiger partial charge in [-0.3, -0.25) is 4.79 Å². The lowest BCUT2D eigenvalue weighted by Crippen LogP contribution is -2.70. The van der Waals surface area contributed by atoms with Gasteiger partial charge in [0.2, 0.25) is 0 Å². The van der Waals surface area contributed by atoms with Crippen LogP contribution in [0.1, 0.15) is 107 Å². The van der Waals surface area contributed by atoms with Crippen LogP contribution in [0.25, 0.3) is 0 Å². The Morgan fingerprint density at radius 2 is 1.47 bits per heavy atom. The minimum absolute atomic E-state index is 0.0169. The quantitative estimate of drug-likeness (QED) is 0.0941. The van der Waals surface area contributed by atoms with Gasteiger partial charge in [-0.1, -0.05) is 53.2 Å². The van der Waals surface area contributed by atoms with Crippen molar-refractivity contribution in [1.29, 1.82) is 0 Å². The van der Waals surface area contributed by atoms with Crippen molar-refractivity contribution in [2.45, 2.75) is 186 Å². The molecule has 2 aliphatic heterocycles. The topological polar surface area (TPSA) is 234 Å². The van der Waals surface area contributed by atoms with Gasteiger partial charge in [-0.2, -0.15) is 0 Å². The molecule has 15 nitrogen and oxygen atoms in total. The second-order valence-corrected chi connectivity index (χ2v) is 21.6. The van der Waals surface area contributed by atoms with Gasteiger partial charge >= 0.3 is 5.97 Å². The fourth-order valence-electron chi connectivity index (χ4n) is 14.3. The molecule has 2 saturated heterocycles. The Hall–Kier alpha value is -1.31. The largest absolute Gasteiger partial charge is 0.457 e. The van der Waals surface area contributed by atoms with Gasteiger partial charge in [0.25, 0.3) is 0 Å². The molecule has 8 N–H and O–H groups in total. The number of rotatable bonds is 9. The van der Waals surface area contributed by atoms with Crippen LogP contribution in [0, 0.1) is 50.2 Å². The Bertz CT molecular complexity index is 1610. The van der Waals surface area contributed by atoms with E-state index < -0.39 is 97.0 Å². The van der Waals surface area contributed by atoms with Crippen LogP contribution in [0.2, 0.25) is 0 Å². The molecule has 0 bridgehead atoms. The van der Waals surface area contributed by atoms with Crippen LogP contribution in [0.5, 0.6) is 0 Å². The van der Waals surface area contributed by atoms with E-state index in [1.807, 2.05) is 6.92 Å². The highest BCUT2D eigenvalue weighted by Crippen LogP contribution is 2.76. The summed E-state index contributed by atoms with van der Waals surface area (Å²) in [5, 5.41) is 89.1. The first-order chi connectivity index (χ1) is 28.0. The fourth-order valence-corrected chi connectivity index (χ4v) is 14.3. The maximum atomic E-state index is 12.1. The van der Waals surface area contributed by atoms with E-state index in [4.69, 9.17) is 28.4 Å². The second kappa shape index (κ2) is 16.3. The number of ether oxygens (including phenoxy) is 6. The van der Waals surface area contributed by atoms with Gasteiger partial charge < -0.3 is 69.3 Å². The Kier molecular flexibility index (Phi) is 12.7. The van der Waals surface area contributed by atoms with Crippen LogP contribution in [0.3, 0.4) is 0 Å². The summed E-state index contributed by atoms with van der Waals surface area (Å²) in [4.78, 5) is 11.8. The molecule has 5 aliphatic carbocycles. The fraction of sp³-hybridized carbons (Fsp3) is 0.933. The standard InChI is InChI=1S/C45H74O15/c1-22-31(51)35(60-39-34(54)36(57-23(2)49)32(52)27(19-46)58-39)33(53)38(56-22)59-30-11-12-41(5)28(42(30,6)20-47)10-13-43(7)37(41)26(55-9)16-24-25-17-40(3,4)14-15-45(25,21-48)29(50)18-44(24,43)8/h16,22,25-39,46-48,50-54H,10-15,17-21H2,1-9H3. The van der Waals surface area contributed by atoms with E-state index in [1.165, 1.54) is 5.57 Å². The van der Waals surface area contributed by atoms with Crippen molar-refractivity contribution in [1.82, 2.24) is 0 Å². The summed E-state index contributed by atoms with van der Waals surface area (Å²) in [5.74, 6) is -0.801. The predicted octanol–water partition coefficient (Wildman–Crippen LogP) is 1.96. The summed E-state index contributed by atoms with van der Waals surface area (Å²) >= 11 is 0. The normalized spacial score (nSPS) is 53.8. The highest BCUT2D eigenvalue weighted by atomic mass is 16.7. The van der Waals surface area contributed by atoms with Gasteiger partial charge in [0.05, 0.1) is 44.2 Å². The molecule has 0 radical (unpaired) electrons. The molecule has 60 heavy (non-hydrogen) atoms. The summed E-state index contributed by atoms with van der Waals surface area (Å²) in [6.07, 6.45) is -7.64. The van der Waals surface area contributed by atoms with Crippen LogP contribution in [0.15, 0.2) is 11.6 Å². The van der Waals surface area contributed by atoms with Crippen molar-refractivity contribution in [3.05, 3.63) is 11.6 Å². The third-order valence-corrected chi connectivity index (χ3v) is 18.0. The molecule has 0 spiro atoms. The van der Waals surface area contributed by atoms with Crippen molar-refractivity contribution in [2.24, 2.45) is 50.2 Å². The SMILES string of the molecule is COC1C=C2C3CC(C)(C)CCC3(CO)C(O)CC2(C)C2(C)CCC3C(C)(CO)C(OC4OC(C)C(O)C(OC5OC(CO)C(O)C(OC(C)=O)C5O)C4O)CCC3(C)C12. The molecule has 0 aromatic heterocycles. The van der Waals surface area contributed by atoms with E-state index in [2.05, 4.69) is 40.7 Å². The summed E-state index contributed by atoms with van der Waals surface area (Å²) in [6.45, 7) is 15.4. The number of allylic oxidation sites excluding steroid dienone is 1. The molecule has 21 unspecified atom stereocenters. The predicted molar refractivity (Wildman–Crippen MR) is 215 cm³/mol. The second-order valence-electron chi connectivity index (χ2n) is 21.6. The number of carbonyl (C=O) groups excluding carboxylic acids is 1. The lowest BCUT2D eigenvalue weighted by Gasteiger charge is -2.73. The maximum absolute atomic E-state index is 12.1. The molecular weight excluding hydrogens is 780 g/mol. The summed E-state index contributed by atoms with van der Waals surface area (Å²) in [5.41, 5.74) is -1.02. The molecule has 7 aliphatic rings. The monoisotopic (exact) mass is 855 g/mol. The molecule has 6 fully saturated rings. The average molecular weight is 855 g/mol. The van der Waals surface area contributed by atoms with Gasteiger partial charge in [-0.05, 0) is 91.8 Å². The Balaban J connectivity index is 1.16. The van der Waals surface area contributed by atoms with E-state index in [0.717, 1.165) is 39.0 Å². The van der Waals surface area contributed by atoms with E-state index >= 15 is 0 Å². The molecule has 21 atom stereocenters. The van der Waals surface area contributed by atoms with Gasteiger partial charge in [-0.25, -0.2) is 0 Å². The molecule has 0 aromatic carbocycles. The van der Waals surface area contributed by atoms with E-state index in [9.17, 15) is 45.6 Å².